The minimum atomic E-state index is 0.235. The number of hydrogen-bond donors (Lipinski definition) is 1. The van der Waals surface area contributed by atoms with Gasteiger partial charge in [-0.05, 0) is 59.4 Å². The number of nitrogens with one attached hydrogen (secondary N) is 1. The van der Waals surface area contributed by atoms with Crippen LogP contribution in [-0.2, 0) is 0 Å². The molecule has 0 radical (unpaired) electrons. The third kappa shape index (κ3) is 5.83. The number of hydrogen-bond acceptors (Lipinski definition) is 2. The Kier molecular flexibility index (Phi) is 6.32. The summed E-state index contributed by atoms with van der Waals surface area (Å²) in [5, 5.41) is 3.77. The van der Waals surface area contributed by atoms with E-state index < -0.39 is 0 Å². The Balaban J connectivity index is 2.69. The van der Waals surface area contributed by atoms with Crippen molar-refractivity contribution in [2.45, 2.75) is 85.2 Å². The molecule has 2 heteroatoms. The average Bonchev–Trinajstić information content (AvgIpc) is 2.34. The molecule has 1 aliphatic carbocycles. The van der Waals surface area contributed by atoms with Gasteiger partial charge in [-0.1, -0.05) is 26.2 Å². The fourth-order valence-corrected chi connectivity index (χ4v) is 3.24. The maximum absolute atomic E-state index is 3.77. The van der Waals surface area contributed by atoms with Crippen LogP contribution < -0.4 is 5.32 Å². The molecule has 1 saturated carbocycles. The summed E-state index contributed by atoms with van der Waals surface area (Å²) in [5.74, 6) is 0. The molecule has 0 atom stereocenters. The first-order chi connectivity index (χ1) is 8.78. The van der Waals surface area contributed by atoms with Crippen LogP contribution >= 0.6 is 0 Å². The van der Waals surface area contributed by atoms with E-state index in [1.807, 2.05) is 0 Å². The first-order valence-corrected chi connectivity index (χ1v) is 8.27. The Morgan fingerprint density at radius 2 is 1.68 bits per heavy atom. The maximum atomic E-state index is 3.77. The van der Waals surface area contributed by atoms with Crippen molar-refractivity contribution in [1.29, 1.82) is 0 Å². The first-order valence-electron chi connectivity index (χ1n) is 8.27. The summed E-state index contributed by atoms with van der Waals surface area (Å²) >= 11 is 0. The van der Waals surface area contributed by atoms with E-state index in [0.717, 1.165) is 0 Å². The molecule has 0 aromatic carbocycles. The van der Waals surface area contributed by atoms with Gasteiger partial charge in [0.1, 0.15) is 0 Å². The van der Waals surface area contributed by atoms with Crippen LogP contribution in [0.4, 0.5) is 0 Å². The summed E-state index contributed by atoms with van der Waals surface area (Å²) in [6.45, 7) is 17.4. The molecule has 114 valence electrons. The van der Waals surface area contributed by atoms with Crippen LogP contribution in [0, 0.1) is 5.41 Å². The lowest BCUT2D eigenvalue weighted by Gasteiger charge is -2.44. The highest BCUT2D eigenvalue weighted by atomic mass is 15.2. The molecule has 0 amide bonds. The maximum Gasteiger partial charge on any atom is 0.00967 e. The minimum Gasteiger partial charge on any atom is -0.311 e. The van der Waals surface area contributed by atoms with Gasteiger partial charge in [0.25, 0.3) is 0 Å². The zero-order chi connectivity index (χ0) is 14.5. The average molecular weight is 268 g/mol. The zero-order valence-corrected chi connectivity index (χ0v) is 14.2. The van der Waals surface area contributed by atoms with E-state index in [9.17, 15) is 0 Å². The van der Waals surface area contributed by atoms with Crippen molar-refractivity contribution in [1.82, 2.24) is 10.2 Å². The molecule has 19 heavy (non-hydrogen) atoms. The largest absolute Gasteiger partial charge is 0.311 e. The molecule has 1 rings (SSSR count). The van der Waals surface area contributed by atoms with Crippen molar-refractivity contribution in [2.75, 3.05) is 19.6 Å². The summed E-state index contributed by atoms with van der Waals surface area (Å²) in [6.07, 6.45) is 7.08. The topological polar surface area (TPSA) is 15.3 Å². The van der Waals surface area contributed by atoms with Gasteiger partial charge in [0.2, 0.25) is 0 Å². The molecule has 0 aromatic heterocycles. The van der Waals surface area contributed by atoms with Gasteiger partial charge in [-0.25, -0.2) is 0 Å². The van der Waals surface area contributed by atoms with E-state index in [2.05, 4.69) is 51.8 Å². The van der Waals surface area contributed by atoms with Crippen molar-refractivity contribution < 1.29 is 0 Å². The molecular weight excluding hydrogens is 232 g/mol. The normalized spacial score (nSPS) is 20.2. The first kappa shape index (κ1) is 17.0. The molecule has 0 unspecified atom stereocenters. The van der Waals surface area contributed by atoms with Crippen molar-refractivity contribution >= 4 is 0 Å². The lowest BCUT2D eigenvalue weighted by Crippen LogP contribution is -2.50. The molecule has 0 heterocycles. The van der Waals surface area contributed by atoms with E-state index in [1.54, 1.807) is 0 Å². The van der Waals surface area contributed by atoms with E-state index in [0.29, 0.717) is 11.5 Å². The van der Waals surface area contributed by atoms with Crippen LogP contribution in [0.1, 0.15) is 73.6 Å². The highest BCUT2D eigenvalue weighted by molar-refractivity contribution is 4.90. The van der Waals surface area contributed by atoms with E-state index in [-0.39, 0.29) is 5.54 Å². The van der Waals surface area contributed by atoms with Gasteiger partial charge >= 0.3 is 0 Å². The number of rotatable bonds is 6. The fourth-order valence-electron chi connectivity index (χ4n) is 3.24. The smallest absolute Gasteiger partial charge is 0.00967 e. The predicted molar refractivity (Wildman–Crippen MR) is 85.7 cm³/mol. The molecule has 1 N–H and O–H groups in total. The standard InChI is InChI=1S/C17H36N2/c1-7-19(15(2)3)14-17(11-9-8-10-12-17)13-18-16(4,5)6/h15,18H,7-14H2,1-6H3. The van der Waals surface area contributed by atoms with E-state index in [1.165, 1.54) is 51.7 Å². The SMILES string of the molecule is CCN(CC1(CNC(C)(C)C)CCCCC1)C(C)C. The lowest BCUT2D eigenvalue weighted by atomic mass is 9.73. The predicted octanol–water partition coefficient (Wildman–Crippen LogP) is 4.06. The van der Waals surface area contributed by atoms with Crippen LogP contribution in [0.3, 0.4) is 0 Å². The number of nitrogens with zero attached hydrogens (tertiary/aromatic N) is 1. The van der Waals surface area contributed by atoms with Gasteiger partial charge in [-0.2, -0.15) is 0 Å². The monoisotopic (exact) mass is 268 g/mol. The summed E-state index contributed by atoms with van der Waals surface area (Å²) in [7, 11) is 0. The Morgan fingerprint density at radius 1 is 1.11 bits per heavy atom. The minimum absolute atomic E-state index is 0.235. The van der Waals surface area contributed by atoms with Crippen LogP contribution in [0.2, 0.25) is 0 Å². The second kappa shape index (κ2) is 7.08. The molecule has 2 nitrogen and oxygen atoms in total. The zero-order valence-electron chi connectivity index (χ0n) is 14.2. The van der Waals surface area contributed by atoms with Gasteiger partial charge < -0.3 is 10.2 Å². The third-order valence-corrected chi connectivity index (χ3v) is 4.58. The van der Waals surface area contributed by atoms with E-state index >= 15 is 0 Å². The highest BCUT2D eigenvalue weighted by Gasteiger charge is 2.34. The molecule has 1 fully saturated rings. The van der Waals surface area contributed by atoms with Crippen LogP contribution in [0.25, 0.3) is 0 Å². The quantitative estimate of drug-likeness (QED) is 0.781. The second-order valence-electron chi connectivity index (χ2n) is 7.82. The molecule has 0 aliphatic heterocycles. The van der Waals surface area contributed by atoms with Gasteiger partial charge in [0, 0.05) is 24.7 Å². The van der Waals surface area contributed by atoms with Crippen molar-refractivity contribution in [3.8, 4) is 0 Å². The molecule has 1 aliphatic rings. The Morgan fingerprint density at radius 3 is 2.11 bits per heavy atom. The van der Waals surface area contributed by atoms with Gasteiger partial charge in [0.15, 0.2) is 0 Å². The van der Waals surface area contributed by atoms with Crippen molar-refractivity contribution in [3.63, 3.8) is 0 Å². The van der Waals surface area contributed by atoms with Gasteiger partial charge in [-0.3, -0.25) is 0 Å². The second-order valence-corrected chi connectivity index (χ2v) is 7.82. The summed E-state index contributed by atoms with van der Waals surface area (Å²) in [6, 6.07) is 0.665. The van der Waals surface area contributed by atoms with Gasteiger partial charge in [-0.15, -0.1) is 0 Å². The highest BCUT2D eigenvalue weighted by Crippen LogP contribution is 2.37. The van der Waals surface area contributed by atoms with Crippen LogP contribution in [0.15, 0.2) is 0 Å². The molecule has 0 bridgehead atoms. The van der Waals surface area contributed by atoms with E-state index in [4.69, 9.17) is 0 Å². The van der Waals surface area contributed by atoms with Crippen LogP contribution in [-0.4, -0.2) is 36.1 Å². The molecule has 0 aromatic rings. The third-order valence-electron chi connectivity index (χ3n) is 4.58. The summed E-state index contributed by atoms with van der Waals surface area (Å²) < 4.78 is 0. The van der Waals surface area contributed by atoms with Crippen LogP contribution in [0.5, 0.6) is 0 Å². The fraction of sp³-hybridized carbons (Fsp3) is 1.00. The summed E-state index contributed by atoms with van der Waals surface area (Å²) in [4.78, 5) is 2.65. The van der Waals surface area contributed by atoms with Crippen molar-refractivity contribution in [3.05, 3.63) is 0 Å². The lowest BCUT2D eigenvalue weighted by molar-refractivity contribution is 0.0811. The van der Waals surface area contributed by atoms with Gasteiger partial charge in [0.05, 0.1) is 0 Å². The molecular formula is C17H36N2. The Bertz CT molecular complexity index is 246. The molecule has 0 spiro atoms. The van der Waals surface area contributed by atoms with Crippen molar-refractivity contribution in [2.24, 2.45) is 5.41 Å². The Hall–Kier alpha value is -0.0800. The Labute approximate surface area is 121 Å². The summed E-state index contributed by atoms with van der Waals surface area (Å²) in [5.41, 5.74) is 0.741. The molecule has 0 saturated heterocycles.